The van der Waals surface area contributed by atoms with Crippen molar-refractivity contribution in [2.75, 3.05) is 21.3 Å². The van der Waals surface area contributed by atoms with E-state index in [9.17, 15) is 4.79 Å². The van der Waals surface area contributed by atoms with Crippen LogP contribution in [0.15, 0.2) is 54.6 Å². The summed E-state index contributed by atoms with van der Waals surface area (Å²) >= 11 is 0. The number of carbonyl (C=O) groups is 1. The van der Waals surface area contributed by atoms with Crippen molar-refractivity contribution in [3.63, 3.8) is 0 Å². The largest absolute Gasteiger partial charge is 0.497 e. The third kappa shape index (κ3) is 4.17. The van der Waals surface area contributed by atoms with Crippen molar-refractivity contribution in [1.82, 2.24) is 10.2 Å². The highest BCUT2D eigenvalue weighted by atomic mass is 16.5. The molecule has 1 N–H and O–H groups in total. The Morgan fingerprint density at radius 3 is 2.33 bits per heavy atom. The normalized spacial score (nSPS) is 10.8. The van der Waals surface area contributed by atoms with Gasteiger partial charge in [0.15, 0.2) is 17.3 Å². The van der Waals surface area contributed by atoms with Gasteiger partial charge in [0.1, 0.15) is 5.75 Å². The lowest BCUT2D eigenvalue weighted by Crippen LogP contribution is -1.94. The number of carbonyl (C=O) groups excluding carboxylic acids is 1. The van der Waals surface area contributed by atoms with E-state index in [0.717, 1.165) is 17.0 Å². The maximum atomic E-state index is 12.3. The van der Waals surface area contributed by atoms with Crippen molar-refractivity contribution in [3.8, 4) is 28.5 Å². The Bertz CT molecular complexity index is 959. The van der Waals surface area contributed by atoms with Crippen molar-refractivity contribution < 1.29 is 19.0 Å². The summed E-state index contributed by atoms with van der Waals surface area (Å²) < 4.78 is 15.7. The maximum Gasteiger partial charge on any atom is 0.185 e. The number of methoxy groups -OCH3 is 3. The molecule has 0 fully saturated rings. The molecule has 6 nitrogen and oxygen atoms in total. The molecule has 0 saturated heterocycles. The van der Waals surface area contributed by atoms with Crippen LogP contribution in [0.2, 0.25) is 0 Å². The van der Waals surface area contributed by atoms with Crippen LogP contribution in [0.4, 0.5) is 0 Å². The molecule has 138 valence electrons. The first-order valence-corrected chi connectivity index (χ1v) is 8.29. The van der Waals surface area contributed by atoms with Crippen molar-refractivity contribution in [2.24, 2.45) is 0 Å². The highest BCUT2D eigenvalue weighted by molar-refractivity contribution is 6.06. The van der Waals surface area contributed by atoms with Crippen LogP contribution in [0, 0.1) is 0 Å². The van der Waals surface area contributed by atoms with Crippen LogP contribution in [0.25, 0.3) is 17.3 Å². The van der Waals surface area contributed by atoms with E-state index in [1.54, 1.807) is 51.7 Å². The molecule has 0 atom stereocenters. The first-order chi connectivity index (χ1) is 13.1. The number of benzene rings is 2. The first kappa shape index (κ1) is 18.3. The van der Waals surface area contributed by atoms with E-state index in [0.29, 0.717) is 22.8 Å². The Kier molecular flexibility index (Phi) is 5.56. The molecule has 3 aromatic rings. The van der Waals surface area contributed by atoms with Crippen LogP contribution in [0.5, 0.6) is 17.2 Å². The molecule has 1 heterocycles. The number of hydrogen-bond donors (Lipinski definition) is 1. The predicted octanol–water partition coefficient (Wildman–Crippen LogP) is 4.00. The second kappa shape index (κ2) is 8.23. The van der Waals surface area contributed by atoms with Gasteiger partial charge in [0, 0.05) is 11.1 Å². The zero-order chi connectivity index (χ0) is 19.2. The summed E-state index contributed by atoms with van der Waals surface area (Å²) in [6, 6.07) is 14.4. The molecule has 2 aromatic carbocycles. The van der Waals surface area contributed by atoms with Crippen LogP contribution in [-0.4, -0.2) is 37.3 Å². The summed E-state index contributed by atoms with van der Waals surface area (Å²) in [4.78, 5) is 12.3. The highest BCUT2D eigenvalue weighted by Crippen LogP contribution is 2.31. The summed E-state index contributed by atoms with van der Waals surface area (Å²) in [5.41, 5.74) is 2.94. The third-order valence-electron chi connectivity index (χ3n) is 4.07. The number of ether oxygens (including phenoxy) is 3. The van der Waals surface area contributed by atoms with E-state index in [2.05, 4.69) is 10.2 Å². The molecule has 6 heteroatoms. The van der Waals surface area contributed by atoms with E-state index in [4.69, 9.17) is 14.2 Å². The summed E-state index contributed by atoms with van der Waals surface area (Å²) in [7, 11) is 4.77. The molecule has 0 aliphatic carbocycles. The minimum atomic E-state index is -0.0973. The molecule has 3 rings (SSSR count). The third-order valence-corrected chi connectivity index (χ3v) is 4.07. The fraction of sp³-hybridized carbons (Fsp3) is 0.143. The van der Waals surface area contributed by atoms with Crippen LogP contribution in [0.1, 0.15) is 16.1 Å². The van der Waals surface area contributed by atoms with Gasteiger partial charge in [0.05, 0.1) is 32.7 Å². The van der Waals surface area contributed by atoms with Crippen LogP contribution in [0.3, 0.4) is 0 Å². The Morgan fingerprint density at radius 2 is 1.67 bits per heavy atom. The Morgan fingerprint density at radius 1 is 0.926 bits per heavy atom. The lowest BCUT2D eigenvalue weighted by atomic mass is 10.1. The Hall–Kier alpha value is -3.54. The SMILES string of the molecule is COc1ccc(C(=O)/C=C/c2cc(-c3ccc(OC)c(OC)c3)n[nH]2)cc1. The molecule has 0 radical (unpaired) electrons. The van der Waals surface area contributed by atoms with E-state index in [-0.39, 0.29) is 5.78 Å². The molecule has 0 bridgehead atoms. The Labute approximate surface area is 157 Å². The van der Waals surface area contributed by atoms with Crippen LogP contribution >= 0.6 is 0 Å². The van der Waals surface area contributed by atoms with Crippen molar-refractivity contribution in [2.45, 2.75) is 0 Å². The summed E-state index contributed by atoms with van der Waals surface area (Å²) in [5.74, 6) is 1.90. The number of hydrogen-bond acceptors (Lipinski definition) is 5. The molecule has 0 amide bonds. The van der Waals surface area contributed by atoms with Gasteiger partial charge in [-0.3, -0.25) is 9.89 Å². The van der Waals surface area contributed by atoms with Gasteiger partial charge in [-0.05, 0) is 60.7 Å². The summed E-state index contributed by atoms with van der Waals surface area (Å²) in [6.45, 7) is 0. The summed E-state index contributed by atoms with van der Waals surface area (Å²) in [5, 5.41) is 7.20. The molecule has 27 heavy (non-hydrogen) atoms. The zero-order valence-electron chi connectivity index (χ0n) is 15.4. The molecule has 0 unspecified atom stereocenters. The molecule has 0 aliphatic rings. The van der Waals surface area contributed by atoms with Crippen molar-refractivity contribution >= 4 is 11.9 Å². The quantitative estimate of drug-likeness (QED) is 0.507. The maximum absolute atomic E-state index is 12.3. The molecular formula is C21H20N2O4. The highest BCUT2D eigenvalue weighted by Gasteiger charge is 2.09. The number of aromatic amines is 1. The van der Waals surface area contributed by atoms with E-state index in [1.165, 1.54) is 6.08 Å². The smallest absolute Gasteiger partial charge is 0.185 e. The molecule has 0 saturated carbocycles. The van der Waals surface area contributed by atoms with Gasteiger partial charge < -0.3 is 14.2 Å². The second-order valence-electron chi connectivity index (χ2n) is 5.70. The lowest BCUT2D eigenvalue weighted by Gasteiger charge is -2.08. The topological polar surface area (TPSA) is 73.4 Å². The fourth-order valence-corrected chi connectivity index (χ4v) is 2.58. The van der Waals surface area contributed by atoms with E-state index < -0.39 is 0 Å². The van der Waals surface area contributed by atoms with Crippen LogP contribution in [-0.2, 0) is 0 Å². The molecule has 0 aliphatic heterocycles. The van der Waals surface area contributed by atoms with Gasteiger partial charge in [-0.1, -0.05) is 0 Å². The number of nitrogens with zero attached hydrogens (tertiary/aromatic N) is 1. The number of ketones is 1. The zero-order valence-corrected chi connectivity index (χ0v) is 15.4. The van der Waals surface area contributed by atoms with E-state index >= 15 is 0 Å². The number of H-pyrrole nitrogens is 1. The number of allylic oxidation sites excluding steroid dienone is 1. The van der Waals surface area contributed by atoms with E-state index in [1.807, 2.05) is 24.3 Å². The minimum Gasteiger partial charge on any atom is -0.497 e. The molecular weight excluding hydrogens is 344 g/mol. The minimum absolute atomic E-state index is 0.0973. The van der Waals surface area contributed by atoms with Crippen LogP contribution < -0.4 is 14.2 Å². The first-order valence-electron chi connectivity index (χ1n) is 8.29. The average molecular weight is 364 g/mol. The monoisotopic (exact) mass is 364 g/mol. The predicted molar refractivity (Wildman–Crippen MR) is 103 cm³/mol. The fourth-order valence-electron chi connectivity index (χ4n) is 2.58. The standard InChI is InChI=1S/C21H20N2O4/c1-25-17-8-4-14(5-9-17)19(24)10-7-16-13-18(23-22-16)15-6-11-20(26-2)21(12-15)27-3/h4-13H,1-3H3,(H,22,23)/b10-7+. The van der Waals surface area contributed by atoms with Crippen molar-refractivity contribution in [1.29, 1.82) is 0 Å². The van der Waals surface area contributed by atoms with Gasteiger partial charge in [0.25, 0.3) is 0 Å². The van der Waals surface area contributed by atoms with Gasteiger partial charge in [0.2, 0.25) is 0 Å². The average Bonchev–Trinajstić information content (AvgIpc) is 3.20. The number of aromatic nitrogens is 2. The number of nitrogens with one attached hydrogen (secondary N) is 1. The summed E-state index contributed by atoms with van der Waals surface area (Å²) in [6.07, 6.45) is 3.21. The Balaban J connectivity index is 1.75. The molecule has 1 aromatic heterocycles. The van der Waals surface area contributed by atoms with Gasteiger partial charge in [-0.15, -0.1) is 0 Å². The van der Waals surface area contributed by atoms with Gasteiger partial charge in [-0.2, -0.15) is 5.10 Å². The molecule has 0 spiro atoms. The van der Waals surface area contributed by atoms with Gasteiger partial charge in [-0.25, -0.2) is 0 Å². The van der Waals surface area contributed by atoms with Gasteiger partial charge >= 0.3 is 0 Å². The second-order valence-corrected chi connectivity index (χ2v) is 5.70. The van der Waals surface area contributed by atoms with Crippen molar-refractivity contribution in [3.05, 3.63) is 65.9 Å². The number of rotatable bonds is 7. The lowest BCUT2D eigenvalue weighted by molar-refractivity contribution is 0.104.